The molecule has 0 radical (unpaired) electrons. The van der Waals surface area contributed by atoms with E-state index in [2.05, 4.69) is 28.9 Å². The van der Waals surface area contributed by atoms with Gasteiger partial charge in [0.2, 0.25) is 5.91 Å². The molecule has 3 nitrogen and oxygen atoms in total. The summed E-state index contributed by atoms with van der Waals surface area (Å²) in [6.07, 6.45) is 24.5. The first-order valence-corrected chi connectivity index (χ1v) is 11.2. The highest BCUT2D eigenvalue weighted by molar-refractivity contribution is 5.78. The largest absolute Gasteiger partial charge is 0.356 e. The van der Waals surface area contributed by atoms with E-state index in [-0.39, 0.29) is 0 Å². The topological polar surface area (TPSA) is 41.1 Å². The van der Waals surface area contributed by atoms with E-state index in [4.69, 9.17) is 0 Å². The Balaban J connectivity index is 1.23. The zero-order chi connectivity index (χ0) is 18.3. The van der Waals surface area contributed by atoms with Crippen molar-refractivity contribution in [2.75, 3.05) is 19.6 Å². The van der Waals surface area contributed by atoms with Crippen LogP contribution in [0.1, 0.15) is 89.9 Å². The highest BCUT2D eigenvalue weighted by Gasteiger charge is 2.21. The Morgan fingerprint density at radius 1 is 0.846 bits per heavy atom. The summed E-state index contributed by atoms with van der Waals surface area (Å²) in [4.78, 5) is 11.9. The molecule has 2 aliphatic carbocycles. The molecule has 0 saturated heterocycles. The fourth-order valence-corrected chi connectivity index (χ4v) is 3.92. The van der Waals surface area contributed by atoms with Crippen LogP contribution in [0.25, 0.3) is 0 Å². The van der Waals surface area contributed by atoms with E-state index in [0.717, 1.165) is 38.9 Å². The molecular formula is C23H40N2O. The van der Waals surface area contributed by atoms with Gasteiger partial charge in [0, 0.05) is 19.0 Å². The highest BCUT2D eigenvalue weighted by atomic mass is 16.1. The molecule has 1 amide bonds. The van der Waals surface area contributed by atoms with E-state index < -0.39 is 0 Å². The summed E-state index contributed by atoms with van der Waals surface area (Å²) in [7, 11) is 0. The lowest BCUT2D eigenvalue weighted by Gasteiger charge is -2.10. The maximum Gasteiger partial charge on any atom is 0.223 e. The van der Waals surface area contributed by atoms with Gasteiger partial charge in [-0.25, -0.2) is 0 Å². The molecule has 0 heterocycles. The molecule has 148 valence electrons. The molecule has 0 aliphatic heterocycles. The number of carbonyl (C=O) groups is 1. The Kier molecular flexibility index (Phi) is 11.4. The SMILES string of the molecule is O=C(NCCCCCCCCCCCCNCC1=CC=C1)C1CCCC1. The van der Waals surface area contributed by atoms with Crippen LogP contribution in [0, 0.1) is 5.92 Å². The van der Waals surface area contributed by atoms with Crippen LogP contribution in [0.5, 0.6) is 0 Å². The van der Waals surface area contributed by atoms with Gasteiger partial charge < -0.3 is 10.6 Å². The molecule has 0 spiro atoms. The van der Waals surface area contributed by atoms with Gasteiger partial charge >= 0.3 is 0 Å². The summed E-state index contributed by atoms with van der Waals surface area (Å²) in [5.74, 6) is 0.637. The van der Waals surface area contributed by atoms with Crippen molar-refractivity contribution in [1.82, 2.24) is 10.6 Å². The monoisotopic (exact) mass is 360 g/mol. The van der Waals surface area contributed by atoms with Gasteiger partial charge in [0.05, 0.1) is 0 Å². The van der Waals surface area contributed by atoms with Crippen LogP contribution in [-0.2, 0) is 4.79 Å². The predicted molar refractivity (Wildman–Crippen MR) is 111 cm³/mol. The van der Waals surface area contributed by atoms with Crippen LogP contribution < -0.4 is 10.6 Å². The van der Waals surface area contributed by atoms with Crippen molar-refractivity contribution in [1.29, 1.82) is 0 Å². The van der Waals surface area contributed by atoms with Crippen molar-refractivity contribution in [3.05, 3.63) is 23.8 Å². The molecule has 2 aliphatic rings. The number of nitrogens with one attached hydrogen (secondary N) is 2. The molecule has 1 saturated carbocycles. The molecule has 2 N–H and O–H groups in total. The summed E-state index contributed by atoms with van der Waals surface area (Å²) in [6, 6.07) is 0. The molecule has 0 aromatic heterocycles. The van der Waals surface area contributed by atoms with Crippen molar-refractivity contribution >= 4 is 5.91 Å². The van der Waals surface area contributed by atoms with Crippen LogP contribution in [0.15, 0.2) is 23.8 Å². The molecule has 2 rings (SSSR count). The minimum atomic E-state index is 0.315. The van der Waals surface area contributed by atoms with Crippen molar-refractivity contribution in [2.24, 2.45) is 5.92 Å². The van der Waals surface area contributed by atoms with Gasteiger partial charge in [-0.05, 0) is 37.8 Å². The smallest absolute Gasteiger partial charge is 0.223 e. The molecule has 0 aromatic rings. The fourth-order valence-electron chi connectivity index (χ4n) is 3.92. The van der Waals surface area contributed by atoms with Crippen molar-refractivity contribution in [3.63, 3.8) is 0 Å². The van der Waals surface area contributed by atoms with Crippen LogP contribution in [0.2, 0.25) is 0 Å². The summed E-state index contributed by atoms with van der Waals surface area (Å²) in [6.45, 7) is 3.08. The number of hydrogen-bond acceptors (Lipinski definition) is 2. The van der Waals surface area contributed by atoms with Crippen LogP contribution in [0.4, 0.5) is 0 Å². The van der Waals surface area contributed by atoms with Gasteiger partial charge in [0.15, 0.2) is 0 Å². The fraction of sp³-hybridized carbons (Fsp3) is 0.783. The van der Waals surface area contributed by atoms with E-state index in [9.17, 15) is 4.79 Å². The Bertz CT molecular complexity index is 435. The van der Waals surface area contributed by atoms with Crippen LogP contribution in [-0.4, -0.2) is 25.5 Å². The molecule has 1 fully saturated rings. The first-order chi connectivity index (χ1) is 12.9. The first kappa shape index (κ1) is 21.2. The van der Waals surface area contributed by atoms with Gasteiger partial charge in [-0.1, -0.05) is 82.4 Å². The summed E-state index contributed by atoms with van der Waals surface area (Å²) < 4.78 is 0. The maximum absolute atomic E-state index is 11.9. The zero-order valence-corrected chi connectivity index (χ0v) is 16.7. The third-order valence-corrected chi connectivity index (χ3v) is 5.76. The summed E-state index contributed by atoms with van der Waals surface area (Å²) in [5.41, 5.74) is 1.43. The number of unbranched alkanes of at least 4 members (excludes halogenated alkanes) is 9. The van der Waals surface area contributed by atoms with Crippen LogP contribution in [0.3, 0.4) is 0 Å². The van der Waals surface area contributed by atoms with E-state index in [1.807, 2.05) is 0 Å². The molecular weight excluding hydrogens is 320 g/mol. The second kappa shape index (κ2) is 14.0. The Morgan fingerprint density at radius 2 is 1.38 bits per heavy atom. The number of carbonyl (C=O) groups excluding carboxylic acids is 1. The summed E-state index contributed by atoms with van der Waals surface area (Å²) in [5, 5.41) is 6.63. The van der Waals surface area contributed by atoms with Crippen molar-refractivity contribution in [2.45, 2.75) is 89.9 Å². The standard InChI is InChI=1S/C23H40N2O/c26-23(22-16-9-10-17-22)25-19-12-8-6-4-2-1-3-5-7-11-18-24-20-21-14-13-15-21/h13-15,22,24H,1-12,16-20H2,(H,25,26). The Hall–Kier alpha value is -1.09. The maximum atomic E-state index is 11.9. The van der Waals surface area contributed by atoms with Gasteiger partial charge in [-0.3, -0.25) is 4.79 Å². The van der Waals surface area contributed by atoms with E-state index in [0.29, 0.717) is 11.8 Å². The Morgan fingerprint density at radius 3 is 1.92 bits per heavy atom. The van der Waals surface area contributed by atoms with Gasteiger partial charge in [0.1, 0.15) is 0 Å². The average molecular weight is 361 g/mol. The minimum Gasteiger partial charge on any atom is -0.356 e. The number of allylic oxidation sites excluding steroid dienone is 2. The first-order valence-electron chi connectivity index (χ1n) is 11.2. The lowest BCUT2D eigenvalue weighted by atomic mass is 10.1. The van der Waals surface area contributed by atoms with E-state index in [1.54, 1.807) is 0 Å². The third-order valence-electron chi connectivity index (χ3n) is 5.76. The molecule has 0 aromatic carbocycles. The molecule has 26 heavy (non-hydrogen) atoms. The average Bonchev–Trinajstić information content (AvgIpc) is 3.14. The second-order valence-electron chi connectivity index (χ2n) is 8.09. The summed E-state index contributed by atoms with van der Waals surface area (Å²) >= 11 is 0. The van der Waals surface area contributed by atoms with Gasteiger partial charge in [0.25, 0.3) is 0 Å². The highest BCUT2D eigenvalue weighted by Crippen LogP contribution is 2.24. The Labute approximate surface area is 161 Å². The zero-order valence-electron chi connectivity index (χ0n) is 16.7. The molecule has 3 heteroatoms. The van der Waals surface area contributed by atoms with E-state index in [1.165, 1.54) is 76.2 Å². The lowest BCUT2D eigenvalue weighted by Crippen LogP contribution is -2.30. The molecule has 0 atom stereocenters. The third kappa shape index (κ3) is 9.56. The number of hydrogen-bond donors (Lipinski definition) is 2. The van der Waals surface area contributed by atoms with Crippen molar-refractivity contribution < 1.29 is 4.79 Å². The predicted octanol–water partition coefficient (Wildman–Crippen LogP) is 5.28. The van der Waals surface area contributed by atoms with Crippen LogP contribution >= 0.6 is 0 Å². The molecule has 0 unspecified atom stereocenters. The van der Waals surface area contributed by atoms with Gasteiger partial charge in [-0.2, -0.15) is 0 Å². The molecule has 0 bridgehead atoms. The van der Waals surface area contributed by atoms with E-state index >= 15 is 0 Å². The lowest BCUT2D eigenvalue weighted by molar-refractivity contribution is -0.124. The number of amides is 1. The quantitative estimate of drug-likeness (QED) is 0.368. The second-order valence-corrected chi connectivity index (χ2v) is 8.09. The minimum absolute atomic E-state index is 0.315. The normalized spacial score (nSPS) is 16.5. The number of rotatable bonds is 16. The van der Waals surface area contributed by atoms with Crippen molar-refractivity contribution in [3.8, 4) is 0 Å². The van der Waals surface area contributed by atoms with Gasteiger partial charge in [-0.15, -0.1) is 0 Å².